The maximum atomic E-state index is 13.4. The molecule has 2 heterocycles. The molecule has 1 saturated heterocycles. The summed E-state index contributed by atoms with van der Waals surface area (Å²) in [6.07, 6.45) is 0. The molecule has 0 atom stereocenters. The number of aromatic nitrogens is 1. The molecule has 1 N–H and O–H groups in total. The molecule has 0 bridgehead atoms. The van der Waals surface area contributed by atoms with Gasteiger partial charge in [0.25, 0.3) is 0 Å². The number of nitrogens with one attached hydrogen (secondary N) is 1. The van der Waals surface area contributed by atoms with Crippen LogP contribution in [0.15, 0.2) is 17.5 Å². The predicted octanol–water partition coefficient (Wildman–Crippen LogP) is 2.99. The summed E-state index contributed by atoms with van der Waals surface area (Å²) in [5, 5.41) is 15.1. The summed E-state index contributed by atoms with van der Waals surface area (Å²) in [6.45, 7) is 3.08. The highest BCUT2D eigenvalue weighted by Gasteiger charge is 2.44. The van der Waals surface area contributed by atoms with Gasteiger partial charge in [0, 0.05) is 24.5 Å². The van der Waals surface area contributed by atoms with Crippen molar-refractivity contribution in [2.75, 3.05) is 13.1 Å². The molecule has 108 valence electrons. The Hall–Kier alpha value is -1.68. The quantitative estimate of drug-likeness (QED) is 0.943. The van der Waals surface area contributed by atoms with Crippen LogP contribution in [0.25, 0.3) is 0 Å². The lowest BCUT2D eigenvalue weighted by Gasteiger charge is -2.41. The van der Waals surface area contributed by atoms with Gasteiger partial charge in [0.15, 0.2) is 5.60 Å². The Morgan fingerprint density at radius 1 is 1.52 bits per heavy atom. The third-order valence-corrected chi connectivity index (χ3v) is 4.42. The maximum absolute atomic E-state index is 13.4. The number of ether oxygens (including phenoxy) is 1. The minimum absolute atomic E-state index is 0.0686. The standard InChI is InChI=1S/C14H11ClFN3OS/c1-8-19-13(5-21-8)14(6-18-7-14)20-12-3-10(15)11(16)2-9(12)4-17/h2-3,5,18H,6-7H2,1H3. The molecule has 3 rings (SSSR count). The Labute approximate surface area is 130 Å². The van der Waals surface area contributed by atoms with Crippen molar-refractivity contribution in [1.82, 2.24) is 10.3 Å². The highest BCUT2D eigenvalue weighted by Crippen LogP contribution is 2.35. The van der Waals surface area contributed by atoms with Gasteiger partial charge in [0.1, 0.15) is 17.6 Å². The molecule has 0 aliphatic carbocycles. The molecule has 21 heavy (non-hydrogen) atoms. The highest BCUT2D eigenvalue weighted by molar-refractivity contribution is 7.09. The molecule has 0 unspecified atom stereocenters. The number of aryl methyl sites for hydroxylation is 1. The number of thiazole rings is 1. The molecule has 2 aromatic rings. The van der Waals surface area contributed by atoms with Crippen molar-refractivity contribution in [3.05, 3.63) is 44.6 Å². The Bertz CT molecular complexity index is 736. The van der Waals surface area contributed by atoms with Crippen LogP contribution >= 0.6 is 22.9 Å². The van der Waals surface area contributed by atoms with Crippen molar-refractivity contribution in [3.8, 4) is 11.8 Å². The Balaban J connectivity index is 1.99. The smallest absolute Gasteiger partial charge is 0.176 e. The fourth-order valence-corrected chi connectivity index (χ4v) is 3.00. The summed E-state index contributed by atoms with van der Waals surface area (Å²) >= 11 is 7.33. The van der Waals surface area contributed by atoms with Crippen molar-refractivity contribution < 1.29 is 9.13 Å². The summed E-state index contributed by atoms with van der Waals surface area (Å²) in [5.74, 6) is -0.359. The van der Waals surface area contributed by atoms with E-state index in [9.17, 15) is 4.39 Å². The first-order valence-electron chi connectivity index (χ1n) is 6.25. The molecule has 0 radical (unpaired) electrons. The molecule has 0 spiro atoms. The van der Waals surface area contributed by atoms with Crippen LogP contribution in [0.2, 0.25) is 5.02 Å². The van der Waals surface area contributed by atoms with Crippen molar-refractivity contribution >= 4 is 22.9 Å². The SMILES string of the molecule is Cc1nc(C2(Oc3cc(Cl)c(F)cc3C#N)CNC2)cs1. The lowest BCUT2D eigenvalue weighted by atomic mass is 9.93. The topological polar surface area (TPSA) is 57.9 Å². The summed E-state index contributed by atoms with van der Waals surface area (Å²) in [5.41, 5.74) is 0.306. The lowest BCUT2D eigenvalue weighted by molar-refractivity contribution is 0.00826. The van der Waals surface area contributed by atoms with Gasteiger partial charge in [-0.3, -0.25) is 0 Å². The molecule has 1 aromatic heterocycles. The second-order valence-corrected chi connectivity index (χ2v) is 6.30. The molecular weight excluding hydrogens is 313 g/mol. The summed E-state index contributed by atoms with van der Waals surface area (Å²) in [7, 11) is 0. The average Bonchev–Trinajstić information content (AvgIpc) is 2.84. The summed E-state index contributed by atoms with van der Waals surface area (Å²) in [4.78, 5) is 4.46. The van der Waals surface area contributed by atoms with Gasteiger partial charge >= 0.3 is 0 Å². The second-order valence-electron chi connectivity index (χ2n) is 4.83. The molecule has 1 aromatic carbocycles. The van der Waals surface area contributed by atoms with Gasteiger partial charge in [0.05, 0.1) is 21.3 Å². The van der Waals surface area contributed by atoms with Gasteiger partial charge in [0.2, 0.25) is 0 Å². The molecule has 0 saturated carbocycles. The largest absolute Gasteiger partial charge is 0.477 e. The van der Waals surface area contributed by atoms with Crippen LogP contribution in [-0.2, 0) is 5.60 Å². The minimum Gasteiger partial charge on any atom is -0.477 e. The predicted molar refractivity (Wildman–Crippen MR) is 78.2 cm³/mol. The van der Waals surface area contributed by atoms with Gasteiger partial charge in [-0.1, -0.05) is 11.6 Å². The number of nitrogens with zero attached hydrogens (tertiary/aromatic N) is 2. The van der Waals surface area contributed by atoms with Crippen LogP contribution in [-0.4, -0.2) is 18.1 Å². The van der Waals surface area contributed by atoms with E-state index >= 15 is 0 Å². The van der Waals surface area contributed by atoms with Gasteiger partial charge in [-0.15, -0.1) is 11.3 Å². The van der Waals surface area contributed by atoms with Crippen LogP contribution in [0, 0.1) is 24.1 Å². The minimum atomic E-state index is -0.633. The van der Waals surface area contributed by atoms with Gasteiger partial charge in [-0.05, 0) is 13.0 Å². The maximum Gasteiger partial charge on any atom is 0.176 e. The molecular formula is C14H11ClFN3OS. The monoisotopic (exact) mass is 323 g/mol. The zero-order valence-electron chi connectivity index (χ0n) is 11.1. The van der Waals surface area contributed by atoms with Gasteiger partial charge in [-0.2, -0.15) is 5.26 Å². The van der Waals surface area contributed by atoms with E-state index in [1.54, 1.807) is 0 Å². The van der Waals surface area contributed by atoms with E-state index in [1.807, 2.05) is 18.4 Å². The van der Waals surface area contributed by atoms with E-state index in [0.717, 1.165) is 16.8 Å². The first-order chi connectivity index (χ1) is 10.0. The van der Waals surface area contributed by atoms with E-state index in [1.165, 1.54) is 17.4 Å². The van der Waals surface area contributed by atoms with Gasteiger partial charge in [-0.25, -0.2) is 9.37 Å². The number of halogens is 2. The van der Waals surface area contributed by atoms with Crippen LogP contribution in [0.4, 0.5) is 4.39 Å². The first-order valence-corrected chi connectivity index (χ1v) is 7.51. The number of benzene rings is 1. The molecule has 1 fully saturated rings. The Morgan fingerprint density at radius 2 is 2.29 bits per heavy atom. The number of rotatable bonds is 3. The zero-order chi connectivity index (χ0) is 15.0. The number of nitriles is 1. The van der Waals surface area contributed by atoms with E-state index in [0.29, 0.717) is 13.1 Å². The van der Waals surface area contributed by atoms with E-state index in [2.05, 4.69) is 10.3 Å². The fourth-order valence-electron chi connectivity index (χ4n) is 2.14. The van der Waals surface area contributed by atoms with E-state index < -0.39 is 11.4 Å². The Morgan fingerprint density at radius 3 is 2.81 bits per heavy atom. The molecule has 7 heteroatoms. The van der Waals surface area contributed by atoms with E-state index in [4.69, 9.17) is 21.6 Å². The van der Waals surface area contributed by atoms with Crippen LogP contribution < -0.4 is 10.1 Å². The molecule has 1 aliphatic rings. The van der Waals surface area contributed by atoms with Crippen LogP contribution in [0.5, 0.6) is 5.75 Å². The second kappa shape index (κ2) is 5.26. The Kier molecular flexibility index (Phi) is 3.57. The third-order valence-electron chi connectivity index (χ3n) is 3.36. The average molecular weight is 324 g/mol. The summed E-state index contributed by atoms with van der Waals surface area (Å²) in [6, 6.07) is 4.36. The van der Waals surface area contributed by atoms with Crippen LogP contribution in [0.1, 0.15) is 16.3 Å². The van der Waals surface area contributed by atoms with Crippen molar-refractivity contribution in [3.63, 3.8) is 0 Å². The number of hydrogen-bond donors (Lipinski definition) is 1. The first kappa shape index (κ1) is 14.3. The lowest BCUT2D eigenvalue weighted by Crippen LogP contribution is -2.60. The van der Waals surface area contributed by atoms with Crippen LogP contribution in [0.3, 0.4) is 0 Å². The van der Waals surface area contributed by atoms with Crippen molar-refractivity contribution in [1.29, 1.82) is 5.26 Å². The normalized spacial score (nSPS) is 16.1. The fraction of sp³-hybridized carbons (Fsp3) is 0.286. The van der Waals surface area contributed by atoms with Gasteiger partial charge < -0.3 is 10.1 Å². The van der Waals surface area contributed by atoms with E-state index in [-0.39, 0.29) is 16.3 Å². The number of hydrogen-bond acceptors (Lipinski definition) is 5. The van der Waals surface area contributed by atoms with Crippen molar-refractivity contribution in [2.24, 2.45) is 0 Å². The molecule has 1 aliphatic heterocycles. The molecule has 0 amide bonds. The molecule has 4 nitrogen and oxygen atoms in total. The zero-order valence-corrected chi connectivity index (χ0v) is 12.7. The summed E-state index contributed by atoms with van der Waals surface area (Å²) < 4.78 is 19.4. The highest BCUT2D eigenvalue weighted by atomic mass is 35.5. The third kappa shape index (κ3) is 2.48. The van der Waals surface area contributed by atoms with Crippen molar-refractivity contribution in [2.45, 2.75) is 12.5 Å².